The molecule has 1 nitrogen and oxygen atoms in total. The number of hydrogen-bond donors (Lipinski definition) is 0. The molecule has 0 aliphatic carbocycles. The van der Waals surface area contributed by atoms with Crippen molar-refractivity contribution in [1.82, 2.24) is 4.67 Å². The summed E-state index contributed by atoms with van der Waals surface area (Å²) in [6.07, 6.45) is 4.08. The van der Waals surface area contributed by atoms with Crippen LogP contribution in [-0.4, -0.2) is 31.1 Å². The van der Waals surface area contributed by atoms with Gasteiger partial charge in [0.05, 0.1) is 0 Å². The van der Waals surface area contributed by atoms with Crippen molar-refractivity contribution in [2.75, 3.05) is 26.4 Å². The zero-order valence-corrected chi connectivity index (χ0v) is 7.91. The molecule has 1 atom stereocenters. The Morgan fingerprint density at radius 2 is 1.78 bits per heavy atom. The van der Waals surface area contributed by atoms with Crippen LogP contribution in [0.4, 0.5) is 0 Å². The first kappa shape index (κ1) is 9.39. The SMILES string of the molecule is CCCP(CC)N(C)C. The molecule has 0 amide bonds. The predicted octanol–water partition coefficient (Wildman–Crippen LogP) is 2.37. The molecule has 1 unspecified atom stereocenters. The van der Waals surface area contributed by atoms with Gasteiger partial charge in [-0.1, -0.05) is 20.3 Å². The van der Waals surface area contributed by atoms with Gasteiger partial charge in [0.2, 0.25) is 0 Å². The molecule has 0 aromatic rings. The van der Waals surface area contributed by atoms with E-state index in [1.54, 1.807) is 0 Å². The summed E-state index contributed by atoms with van der Waals surface area (Å²) >= 11 is 0. The Morgan fingerprint density at radius 1 is 1.22 bits per heavy atom. The van der Waals surface area contributed by atoms with Crippen molar-refractivity contribution in [3.8, 4) is 0 Å². The lowest BCUT2D eigenvalue weighted by Crippen LogP contribution is -2.07. The van der Waals surface area contributed by atoms with E-state index in [0.717, 1.165) is 0 Å². The van der Waals surface area contributed by atoms with Gasteiger partial charge in [0.15, 0.2) is 0 Å². The first-order valence-electron chi connectivity index (χ1n) is 3.64. The molecule has 0 aromatic carbocycles. The Labute approximate surface area is 60.2 Å². The lowest BCUT2D eigenvalue weighted by atomic mass is 10.6. The summed E-state index contributed by atoms with van der Waals surface area (Å²) in [5.41, 5.74) is 0. The molecule has 0 fully saturated rings. The third kappa shape index (κ3) is 3.89. The van der Waals surface area contributed by atoms with E-state index in [9.17, 15) is 0 Å². The summed E-state index contributed by atoms with van der Waals surface area (Å²) in [5.74, 6) is 0. The second-order valence-electron chi connectivity index (χ2n) is 2.39. The van der Waals surface area contributed by atoms with Crippen LogP contribution in [0.1, 0.15) is 20.3 Å². The number of rotatable bonds is 4. The summed E-state index contributed by atoms with van der Waals surface area (Å²) < 4.78 is 2.37. The van der Waals surface area contributed by atoms with E-state index >= 15 is 0 Å². The highest BCUT2D eigenvalue weighted by Gasteiger charge is 2.04. The topological polar surface area (TPSA) is 3.24 Å². The fourth-order valence-electron chi connectivity index (χ4n) is 0.899. The Morgan fingerprint density at radius 3 is 1.89 bits per heavy atom. The standard InChI is InChI=1S/C7H18NP/c1-5-7-9(6-2)8(3)4/h5-7H2,1-4H3. The molecular weight excluding hydrogens is 129 g/mol. The Kier molecular flexibility index (Phi) is 5.42. The van der Waals surface area contributed by atoms with Gasteiger partial charge < -0.3 is 0 Å². The van der Waals surface area contributed by atoms with Gasteiger partial charge >= 0.3 is 0 Å². The van der Waals surface area contributed by atoms with Gasteiger partial charge in [0, 0.05) is 0 Å². The summed E-state index contributed by atoms with van der Waals surface area (Å²) in [6.45, 7) is 4.54. The molecule has 0 aromatic heterocycles. The van der Waals surface area contributed by atoms with Crippen LogP contribution in [0.3, 0.4) is 0 Å². The second-order valence-corrected chi connectivity index (χ2v) is 5.29. The molecule has 0 rings (SSSR count). The van der Waals surface area contributed by atoms with Crippen LogP contribution in [0.15, 0.2) is 0 Å². The van der Waals surface area contributed by atoms with E-state index in [4.69, 9.17) is 0 Å². The molecule has 0 saturated heterocycles. The first-order valence-corrected chi connectivity index (χ1v) is 5.31. The fraction of sp³-hybridized carbons (Fsp3) is 1.00. The van der Waals surface area contributed by atoms with Crippen LogP contribution in [0.5, 0.6) is 0 Å². The van der Waals surface area contributed by atoms with Gasteiger partial charge in [-0.2, -0.15) is 0 Å². The number of hydrogen-bond acceptors (Lipinski definition) is 1. The third-order valence-corrected chi connectivity index (χ3v) is 4.24. The van der Waals surface area contributed by atoms with Crippen LogP contribution >= 0.6 is 8.07 Å². The summed E-state index contributed by atoms with van der Waals surface area (Å²) in [5, 5.41) is 0. The normalized spacial score (nSPS) is 14.3. The van der Waals surface area contributed by atoms with Gasteiger partial charge in [-0.3, -0.25) is 4.67 Å². The summed E-state index contributed by atoms with van der Waals surface area (Å²) in [4.78, 5) is 0. The first-order chi connectivity index (χ1) is 4.22. The average molecular weight is 147 g/mol. The van der Waals surface area contributed by atoms with Crippen molar-refractivity contribution >= 4 is 8.07 Å². The highest BCUT2D eigenvalue weighted by atomic mass is 31.1. The van der Waals surface area contributed by atoms with Crippen molar-refractivity contribution in [3.05, 3.63) is 0 Å². The minimum absolute atomic E-state index is 0.216. The van der Waals surface area contributed by atoms with E-state index in [0.29, 0.717) is 0 Å². The third-order valence-electron chi connectivity index (χ3n) is 1.41. The maximum Gasteiger partial charge on any atom is -0.00972 e. The van der Waals surface area contributed by atoms with Gasteiger partial charge in [-0.15, -0.1) is 0 Å². The quantitative estimate of drug-likeness (QED) is 0.552. The molecule has 0 bridgehead atoms. The molecule has 2 heteroatoms. The van der Waals surface area contributed by atoms with Gasteiger partial charge in [0.1, 0.15) is 0 Å². The van der Waals surface area contributed by atoms with E-state index in [1.807, 2.05) is 0 Å². The minimum Gasteiger partial charge on any atom is -0.288 e. The Bertz CT molecular complexity index is 63.9. The van der Waals surface area contributed by atoms with Crippen LogP contribution in [-0.2, 0) is 0 Å². The van der Waals surface area contributed by atoms with Crippen LogP contribution in [0.2, 0.25) is 0 Å². The molecule has 0 N–H and O–H groups in total. The molecule has 0 aliphatic heterocycles. The van der Waals surface area contributed by atoms with Crippen LogP contribution < -0.4 is 0 Å². The van der Waals surface area contributed by atoms with Crippen molar-refractivity contribution in [3.63, 3.8) is 0 Å². The lowest BCUT2D eigenvalue weighted by Gasteiger charge is -2.21. The summed E-state index contributed by atoms with van der Waals surface area (Å²) in [7, 11) is 4.59. The highest BCUT2D eigenvalue weighted by molar-refractivity contribution is 7.55. The average Bonchev–Trinajstić information content (AvgIpc) is 1.82. The van der Waals surface area contributed by atoms with Gasteiger partial charge in [0.25, 0.3) is 0 Å². The Hall–Kier alpha value is 0.390. The molecule has 0 radical (unpaired) electrons. The molecule has 0 saturated carbocycles. The Balaban J connectivity index is 3.41. The monoisotopic (exact) mass is 147 g/mol. The molecule has 9 heavy (non-hydrogen) atoms. The molecule has 0 aliphatic rings. The van der Waals surface area contributed by atoms with Gasteiger partial charge in [-0.05, 0) is 34.5 Å². The van der Waals surface area contributed by atoms with Crippen LogP contribution in [0.25, 0.3) is 0 Å². The number of nitrogens with zero attached hydrogens (tertiary/aromatic N) is 1. The van der Waals surface area contributed by atoms with E-state index < -0.39 is 0 Å². The molecular formula is C7H18NP. The van der Waals surface area contributed by atoms with E-state index in [2.05, 4.69) is 32.6 Å². The van der Waals surface area contributed by atoms with Crippen molar-refractivity contribution in [2.24, 2.45) is 0 Å². The van der Waals surface area contributed by atoms with Crippen molar-refractivity contribution in [1.29, 1.82) is 0 Å². The smallest absolute Gasteiger partial charge is 0.00972 e. The maximum atomic E-state index is 2.37. The van der Waals surface area contributed by atoms with E-state index in [-0.39, 0.29) is 8.07 Å². The second kappa shape index (κ2) is 5.20. The minimum atomic E-state index is 0.216. The lowest BCUT2D eigenvalue weighted by molar-refractivity contribution is 0.672. The van der Waals surface area contributed by atoms with E-state index in [1.165, 1.54) is 18.7 Å². The maximum absolute atomic E-state index is 2.37. The van der Waals surface area contributed by atoms with Gasteiger partial charge in [-0.25, -0.2) is 0 Å². The van der Waals surface area contributed by atoms with Crippen LogP contribution in [0, 0.1) is 0 Å². The van der Waals surface area contributed by atoms with Crippen molar-refractivity contribution < 1.29 is 0 Å². The fourth-order valence-corrected chi connectivity index (χ4v) is 2.70. The summed E-state index contributed by atoms with van der Waals surface area (Å²) in [6, 6.07) is 0. The molecule has 0 spiro atoms. The van der Waals surface area contributed by atoms with Crippen molar-refractivity contribution in [2.45, 2.75) is 20.3 Å². The highest BCUT2D eigenvalue weighted by Crippen LogP contribution is 2.36. The molecule has 0 heterocycles. The predicted molar refractivity (Wildman–Crippen MR) is 46.3 cm³/mol. The zero-order valence-electron chi connectivity index (χ0n) is 7.02. The zero-order chi connectivity index (χ0) is 7.28. The largest absolute Gasteiger partial charge is 0.288 e. The molecule has 56 valence electrons.